The van der Waals surface area contributed by atoms with Gasteiger partial charge < -0.3 is 36.0 Å². The molecule has 1 aliphatic heterocycles. The predicted molar refractivity (Wildman–Crippen MR) is 183 cm³/mol. The number of aliphatic hydroxyl groups excluding tert-OH is 3. The first-order chi connectivity index (χ1) is 21.7. The topological polar surface area (TPSA) is 145 Å². The zero-order chi connectivity index (χ0) is 33.5. The molecule has 9 heteroatoms. The number of ether oxygens (including phenoxy) is 1. The average Bonchev–Trinajstić information content (AvgIpc) is 3.01. The fourth-order valence-electron chi connectivity index (χ4n) is 6.30. The van der Waals surface area contributed by atoms with Gasteiger partial charge in [0.15, 0.2) is 6.23 Å². The first-order valence-electron chi connectivity index (χ1n) is 18.7. The average molecular weight is 642 g/mol. The molecule has 0 unspecified atom stereocenters. The molecule has 0 bridgehead atoms. The summed E-state index contributed by atoms with van der Waals surface area (Å²) in [6.45, 7) is 8.31. The lowest BCUT2D eigenvalue weighted by Crippen LogP contribution is -2.69. The third-order valence-electron chi connectivity index (χ3n) is 9.15. The van der Waals surface area contributed by atoms with E-state index in [1.54, 1.807) is 4.90 Å². The number of rotatable bonds is 27. The lowest BCUT2D eigenvalue weighted by Gasteiger charge is -2.47. The smallest absolute Gasteiger partial charge is 0.237 e. The van der Waals surface area contributed by atoms with Gasteiger partial charge >= 0.3 is 0 Å². The van der Waals surface area contributed by atoms with Crippen LogP contribution in [0.4, 0.5) is 0 Å². The van der Waals surface area contributed by atoms with E-state index in [1.807, 2.05) is 13.8 Å². The maximum Gasteiger partial charge on any atom is 0.237 e. The molecule has 1 saturated heterocycles. The van der Waals surface area contributed by atoms with Crippen molar-refractivity contribution in [1.29, 1.82) is 0 Å². The summed E-state index contributed by atoms with van der Waals surface area (Å²) < 4.78 is 6.10. The van der Waals surface area contributed by atoms with Crippen LogP contribution in [0.15, 0.2) is 0 Å². The molecular weight excluding hydrogens is 570 g/mol. The Morgan fingerprint density at radius 2 is 1.22 bits per heavy atom. The van der Waals surface area contributed by atoms with E-state index in [9.17, 15) is 24.9 Å². The molecule has 0 aromatic rings. The minimum absolute atomic E-state index is 0.0927. The maximum atomic E-state index is 13.7. The van der Waals surface area contributed by atoms with Gasteiger partial charge in [-0.25, -0.2) is 0 Å². The molecule has 45 heavy (non-hydrogen) atoms. The second-order valence-corrected chi connectivity index (χ2v) is 13.8. The van der Waals surface area contributed by atoms with Gasteiger partial charge in [0.2, 0.25) is 11.8 Å². The van der Waals surface area contributed by atoms with Crippen LogP contribution in [-0.4, -0.2) is 81.8 Å². The second-order valence-electron chi connectivity index (χ2n) is 13.8. The molecule has 0 saturated carbocycles. The Morgan fingerprint density at radius 3 is 1.69 bits per heavy atom. The van der Waals surface area contributed by atoms with Crippen LogP contribution >= 0.6 is 0 Å². The lowest BCUT2D eigenvalue weighted by atomic mass is 9.94. The Bertz CT molecular complexity index is 754. The van der Waals surface area contributed by atoms with E-state index in [-0.39, 0.29) is 11.8 Å². The number of nitrogens with two attached hydrogens (primary N) is 1. The van der Waals surface area contributed by atoms with Crippen LogP contribution in [0.25, 0.3) is 0 Å². The molecule has 1 heterocycles. The van der Waals surface area contributed by atoms with E-state index in [1.165, 1.54) is 83.5 Å². The molecule has 0 aliphatic carbocycles. The van der Waals surface area contributed by atoms with Gasteiger partial charge in [0.25, 0.3) is 0 Å². The zero-order valence-corrected chi connectivity index (χ0v) is 29.4. The van der Waals surface area contributed by atoms with E-state index in [4.69, 9.17) is 10.5 Å². The van der Waals surface area contributed by atoms with E-state index >= 15 is 0 Å². The van der Waals surface area contributed by atoms with Gasteiger partial charge in [-0.15, -0.1) is 0 Å². The van der Waals surface area contributed by atoms with Crippen LogP contribution in [0.2, 0.25) is 0 Å². The van der Waals surface area contributed by atoms with Crippen LogP contribution in [0.5, 0.6) is 0 Å². The number of aliphatic hydroxyl groups is 3. The maximum absolute atomic E-state index is 13.7. The SMILES string of the molecule is CCCCCCCCCCCCN(C(=O)CCCCCCCCCCC)[C@@H]1O[C@H](CO)[C@H](O)[C@H](O)[C@H]1NC(=O)[C@@H](N)CC(C)C. The second kappa shape index (κ2) is 25.8. The summed E-state index contributed by atoms with van der Waals surface area (Å²) in [6, 6.07) is -1.86. The van der Waals surface area contributed by atoms with Crippen LogP contribution in [0, 0.1) is 5.92 Å². The fraction of sp³-hybridized carbons (Fsp3) is 0.944. The van der Waals surface area contributed by atoms with Gasteiger partial charge in [-0.05, 0) is 25.2 Å². The van der Waals surface area contributed by atoms with Crippen LogP contribution in [0.1, 0.15) is 163 Å². The normalized spacial score (nSPS) is 22.5. The van der Waals surface area contributed by atoms with Crippen LogP contribution in [-0.2, 0) is 14.3 Å². The summed E-state index contributed by atoms with van der Waals surface area (Å²) in [5.74, 6) is -0.352. The Labute approximate surface area is 275 Å². The van der Waals surface area contributed by atoms with Crippen LogP contribution < -0.4 is 11.1 Å². The van der Waals surface area contributed by atoms with Crippen molar-refractivity contribution in [2.24, 2.45) is 11.7 Å². The molecule has 0 radical (unpaired) electrons. The number of hydrogen-bond acceptors (Lipinski definition) is 7. The molecule has 266 valence electrons. The summed E-state index contributed by atoms with van der Waals surface area (Å²) in [4.78, 5) is 28.4. The van der Waals surface area contributed by atoms with Crippen molar-refractivity contribution in [2.75, 3.05) is 13.2 Å². The molecular formula is C36H71N3O6. The number of nitrogens with zero attached hydrogens (tertiary/aromatic N) is 1. The van der Waals surface area contributed by atoms with Gasteiger partial charge in [-0.2, -0.15) is 0 Å². The van der Waals surface area contributed by atoms with E-state index in [0.717, 1.165) is 38.5 Å². The standard InChI is InChI=1S/C36H71N3O6/c1-5-7-9-11-13-15-17-19-21-23-25-39(31(41)24-22-20-18-16-14-12-10-8-6-2)36-32(34(43)33(42)30(27-40)45-36)38-35(44)29(37)26-28(3)4/h28-30,32-34,36,40,42-43H,5-27,37H2,1-4H3,(H,38,44)/t29-,30+,32+,33-,34+,36+/m0/s1. The van der Waals surface area contributed by atoms with Crippen molar-refractivity contribution in [1.82, 2.24) is 10.2 Å². The van der Waals surface area contributed by atoms with E-state index in [2.05, 4.69) is 19.2 Å². The Morgan fingerprint density at radius 1 is 0.756 bits per heavy atom. The molecule has 1 fully saturated rings. The molecule has 6 N–H and O–H groups in total. The lowest BCUT2D eigenvalue weighted by molar-refractivity contribution is -0.231. The molecule has 9 nitrogen and oxygen atoms in total. The highest BCUT2D eigenvalue weighted by Crippen LogP contribution is 2.26. The number of carbonyl (C=O) groups is 2. The number of hydrogen-bond donors (Lipinski definition) is 5. The van der Waals surface area contributed by atoms with Crippen molar-refractivity contribution >= 4 is 11.8 Å². The highest BCUT2D eigenvalue weighted by atomic mass is 16.5. The Balaban J connectivity index is 2.89. The number of carbonyl (C=O) groups excluding carboxylic acids is 2. The zero-order valence-electron chi connectivity index (χ0n) is 29.4. The summed E-state index contributed by atoms with van der Waals surface area (Å²) in [7, 11) is 0. The third kappa shape index (κ3) is 17.5. The number of nitrogens with one attached hydrogen (secondary N) is 1. The Hall–Kier alpha value is -1.26. The number of unbranched alkanes of at least 4 members (excludes halogenated alkanes) is 17. The number of amides is 2. The van der Waals surface area contributed by atoms with Crippen molar-refractivity contribution in [3.63, 3.8) is 0 Å². The molecule has 0 spiro atoms. The van der Waals surface area contributed by atoms with Gasteiger partial charge in [0.1, 0.15) is 24.4 Å². The summed E-state index contributed by atoms with van der Waals surface area (Å²) >= 11 is 0. The highest BCUT2D eigenvalue weighted by molar-refractivity contribution is 5.82. The van der Waals surface area contributed by atoms with Crippen molar-refractivity contribution in [3.05, 3.63) is 0 Å². The summed E-state index contributed by atoms with van der Waals surface area (Å²) in [5, 5.41) is 34.5. The third-order valence-corrected chi connectivity index (χ3v) is 9.15. The first kappa shape index (κ1) is 41.8. The van der Waals surface area contributed by atoms with Gasteiger partial charge in [0.05, 0.1) is 12.6 Å². The molecule has 1 rings (SSSR count). The van der Waals surface area contributed by atoms with Crippen LogP contribution in [0.3, 0.4) is 0 Å². The molecule has 0 aromatic heterocycles. The minimum Gasteiger partial charge on any atom is -0.394 e. The van der Waals surface area contributed by atoms with E-state index < -0.39 is 49.1 Å². The quantitative estimate of drug-likeness (QED) is 0.0697. The van der Waals surface area contributed by atoms with E-state index in [0.29, 0.717) is 19.4 Å². The largest absolute Gasteiger partial charge is 0.394 e. The summed E-state index contributed by atoms with van der Waals surface area (Å²) in [6.07, 6.45) is 17.9. The molecule has 6 atom stereocenters. The minimum atomic E-state index is -1.42. The summed E-state index contributed by atoms with van der Waals surface area (Å²) in [5.41, 5.74) is 6.14. The van der Waals surface area contributed by atoms with Crippen molar-refractivity contribution < 1.29 is 29.6 Å². The van der Waals surface area contributed by atoms with Gasteiger partial charge in [-0.1, -0.05) is 137 Å². The monoisotopic (exact) mass is 642 g/mol. The molecule has 0 aromatic carbocycles. The van der Waals surface area contributed by atoms with Crippen molar-refractivity contribution in [2.45, 2.75) is 199 Å². The first-order valence-corrected chi connectivity index (χ1v) is 18.7. The molecule has 1 aliphatic rings. The molecule has 2 amide bonds. The van der Waals surface area contributed by atoms with Gasteiger partial charge in [-0.3, -0.25) is 9.59 Å². The van der Waals surface area contributed by atoms with Crippen molar-refractivity contribution in [3.8, 4) is 0 Å². The van der Waals surface area contributed by atoms with Gasteiger partial charge in [0, 0.05) is 13.0 Å². The Kier molecular flexibility index (Phi) is 23.9. The highest BCUT2D eigenvalue weighted by Gasteiger charge is 2.48. The fourth-order valence-corrected chi connectivity index (χ4v) is 6.30. The predicted octanol–water partition coefficient (Wildman–Crippen LogP) is 5.95.